The molecule has 1 atom stereocenters. The van der Waals surface area contributed by atoms with E-state index in [1.807, 2.05) is 0 Å². The molecule has 0 saturated heterocycles. The quantitative estimate of drug-likeness (QED) is 0.207. The first-order chi connectivity index (χ1) is 6.13. The van der Waals surface area contributed by atoms with Gasteiger partial charge in [-0.05, 0) is 6.92 Å². The van der Waals surface area contributed by atoms with E-state index in [2.05, 4.69) is 17.9 Å². The van der Waals surface area contributed by atoms with E-state index in [0.29, 0.717) is 0 Å². The van der Waals surface area contributed by atoms with Crippen molar-refractivity contribution in [2.24, 2.45) is 0 Å². The summed E-state index contributed by atoms with van der Waals surface area (Å²) in [6.07, 6.45) is 0.962. The molecule has 0 bridgehead atoms. The molecule has 0 aliphatic heterocycles. The smallest absolute Gasteiger partial charge is 0.535 e. The first kappa shape index (κ1) is 19.0. The minimum Gasteiger partial charge on any atom is -0.535 e. The normalized spacial score (nSPS) is 9.50. The Balaban J connectivity index is -0.000000376. The number of carbonyl (C=O) groups is 1. The predicted octanol–water partition coefficient (Wildman–Crippen LogP) is -0.0901. The van der Waals surface area contributed by atoms with Crippen molar-refractivity contribution in [2.75, 3.05) is 6.61 Å². The summed E-state index contributed by atoms with van der Waals surface area (Å²) < 4.78 is 4.21. The van der Waals surface area contributed by atoms with Crippen LogP contribution < -0.4 is 0 Å². The zero-order valence-electron chi connectivity index (χ0n) is 7.56. The molecular formula is C7H9NO5U. The molecule has 0 amide bonds. The molecule has 0 aromatic carbocycles. The third-order valence-corrected chi connectivity index (χ3v) is 0.832. The van der Waals surface area contributed by atoms with Crippen molar-refractivity contribution in [3.63, 3.8) is 0 Å². The summed E-state index contributed by atoms with van der Waals surface area (Å²) in [5, 5.41) is 9.89. The van der Waals surface area contributed by atoms with Crippen molar-refractivity contribution in [1.29, 1.82) is 0 Å². The number of nitro groups is 1. The van der Waals surface area contributed by atoms with Gasteiger partial charge in [-0.15, -0.1) is 0 Å². The number of carbonyl (C=O) groups excluding carboxylic acids is 2. The van der Waals surface area contributed by atoms with E-state index in [1.165, 1.54) is 6.92 Å². The second kappa shape index (κ2) is 12.3. The predicted molar refractivity (Wildman–Crippen MR) is 43.0 cm³/mol. The Morgan fingerprint density at radius 2 is 2.14 bits per heavy atom. The van der Waals surface area contributed by atoms with Gasteiger partial charge in [0, 0.05) is 4.92 Å². The van der Waals surface area contributed by atoms with Crippen molar-refractivity contribution in [3.8, 4) is 0 Å². The fraction of sp³-hybridized carbons (Fsp3) is 0.429. The third-order valence-electron chi connectivity index (χ3n) is 0.832. The SMILES string of the molecule is CCOC(=O)C([C-]=O)[N+](=O)[O-].[CH-]=C.[U+2]. The minimum atomic E-state index is -2.00. The van der Waals surface area contributed by atoms with Gasteiger partial charge in [0.1, 0.15) is 0 Å². The van der Waals surface area contributed by atoms with Gasteiger partial charge < -0.3 is 16.1 Å². The maximum Gasteiger partial charge on any atom is 2.00 e. The van der Waals surface area contributed by atoms with Crippen molar-refractivity contribution in [2.45, 2.75) is 13.0 Å². The molecule has 0 N–H and O–H groups in total. The van der Waals surface area contributed by atoms with Crippen LogP contribution in [-0.2, 0) is 14.3 Å². The molecule has 0 aliphatic rings. The van der Waals surface area contributed by atoms with Crippen molar-refractivity contribution in [3.05, 3.63) is 23.3 Å². The Labute approximate surface area is 105 Å². The van der Waals surface area contributed by atoms with E-state index >= 15 is 0 Å². The Bertz CT molecular complexity index is 197. The molecule has 0 aromatic heterocycles. The van der Waals surface area contributed by atoms with Crippen LogP contribution in [0, 0.1) is 47.8 Å². The van der Waals surface area contributed by atoms with Gasteiger partial charge in [-0.1, -0.05) is 0 Å². The summed E-state index contributed by atoms with van der Waals surface area (Å²) in [7, 11) is 0. The van der Waals surface area contributed by atoms with Gasteiger partial charge in [0.05, 0.1) is 6.61 Å². The molecule has 0 aromatic rings. The van der Waals surface area contributed by atoms with Crippen LogP contribution >= 0.6 is 0 Å². The average Bonchev–Trinajstić information content (AvgIpc) is 2.09. The largest absolute Gasteiger partial charge is 2.00 e. The number of esters is 1. The van der Waals surface area contributed by atoms with E-state index < -0.39 is 16.9 Å². The summed E-state index contributed by atoms with van der Waals surface area (Å²) in [5.74, 6) is -1.17. The first-order valence-electron chi connectivity index (χ1n) is 3.22. The standard InChI is InChI=1S/C5H6NO5.C2H3.U/c1-2-11-5(8)4(3-7)6(9)10;1-2;/h4H,2H2,1H3;1H,2H2;/q2*-1;+2. The third kappa shape index (κ3) is 7.95. The average molecular weight is 425 g/mol. The van der Waals surface area contributed by atoms with E-state index in [9.17, 15) is 19.7 Å². The zero-order valence-corrected chi connectivity index (χ0v) is 11.7. The van der Waals surface area contributed by atoms with Gasteiger partial charge in [-0.3, -0.25) is 16.7 Å². The van der Waals surface area contributed by atoms with E-state index in [4.69, 9.17) is 0 Å². The number of hydrogen-bond acceptors (Lipinski definition) is 5. The maximum atomic E-state index is 10.5. The van der Waals surface area contributed by atoms with Gasteiger partial charge in [0.25, 0.3) is 0 Å². The number of hydrogen-bond donors (Lipinski definition) is 0. The molecule has 76 valence electrons. The van der Waals surface area contributed by atoms with Crippen LogP contribution in [0.3, 0.4) is 0 Å². The van der Waals surface area contributed by atoms with E-state index in [0.717, 1.165) is 6.29 Å². The van der Waals surface area contributed by atoms with Gasteiger partial charge in [-0.25, -0.2) is 4.79 Å². The molecule has 0 saturated carbocycles. The second-order valence-corrected chi connectivity index (χ2v) is 1.56. The minimum absolute atomic E-state index is 0. The van der Waals surface area contributed by atoms with Crippen LogP contribution in [0.25, 0.3) is 0 Å². The molecule has 0 aliphatic carbocycles. The second-order valence-electron chi connectivity index (χ2n) is 1.56. The van der Waals surface area contributed by atoms with Gasteiger partial charge in [0.15, 0.2) is 0 Å². The van der Waals surface area contributed by atoms with Crippen LogP contribution in [0.2, 0.25) is 0 Å². The van der Waals surface area contributed by atoms with E-state index in [-0.39, 0.29) is 37.7 Å². The molecule has 0 spiro atoms. The molecule has 0 fully saturated rings. The summed E-state index contributed by atoms with van der Waals surface area (Å²) in [4.78, 5) is 29.1. The van der Waals surface area contributed by atoms with Crippen molar-refractivity contribution >= 4 is 12.3 Å². The summed E-state index contributed by atoms with van der Waals surface area (Å²) >= 11 is 0. The van der Waals surface area contributed by atoms with Crippen molar-refractivity contribution < 1.29 is 50.4 Å². The topological polar surface area (TPSA) is 86.5 Å². The Hall–Kier alpha value is -0.668. The Morgan fingerprint density at radius 1 is 1.71 bits per heavy atom. The summed E-state index contributed by atoms with van der Waals surface area (Å²) in [6, 6.07) is -2.00. The molecule has 14 heavy (non-hydrogen) atoms. The molecule has 0 heterocycles. The zero-order chi connectivity index (χ0) is 10.9. The number of ether oxygens (including phenoxy) is 1. The van der Waals surface area contributed by atoms with Crippen LogP contribution in [-0.4, -0.2) is 29.8 Å². The number of rotatable bonds is 4. The Morgan fingerprint density at radius 3 is 2.36 bits per heavy atom. The molecule has 0 rings (SSSR count). The molecule has 1 unspecified atom stereocenters. The molecule has 0 radical (unpaired) electrons. The monoisotopic (exact) mass is 425 g/mol. The van der Waals surface area contributed by atoms with Crippen LogP contribution in [0.1, 0.15) is 6.92 Å². The first-order valence-corrected chi connectivity index (χ1v) is 3.22. The van der Waals surface area contributed by atoms with Crippen molar-refractivity contribution in [1.82, 2.24) is 0 Å². The van der Waals surface area contributed by atoms with Gasteiger partial charge in [0.2, 0.25) is 6.04 Å². The molecular weight excluding hydrogens is 416 g/mol. The summed E-state index contributed by atoms with van der Waals surface area (Å²) in [5.41, 5.74) is 0. The fourth-order valence-corrected chi connectivity index (χ4v) is 0.398. The van der Waals surface area contributed by atoms with Gasteiger partial charge >= 0.3 is 37.1 Å². The Kier molecular flexibility index (Phi) is 16.7. The molecule has 6 nitrogen and oxygen atoms in total. The van der Waals surface area contributed by atoms with Crippen LogP contribution in [0.4, 0.5) is 0 Å². The summed E-state index contributed by atoms with van der Waals surface area (Å²) in [6.45, 7) is 8.49. The van der Waals surface area contributed by atoms with E-state index in [1.54, 1.807) is 0 Å². The fourth-order valence-electron chi connectivity index (χ4n) is 0.398. The maximum absolute atomic E-state index is 10.5. The van der Waals surface area contributed by atoms with Gasteiger partial charge in [-0.2, -0.15) is 6.29 Å². The van der Waals surface area contributed by atoms with Crippen LogP contribution in [0.5, 0.6) is 0 Å². The molecule has 7 heteroatoms. The number of nitrogens with zero attached hydrogens (tertiary/aromatic N) is 1. The van der Waals surface area contributed by atoms with Crippen LogP contribution in [0.15, 0.2) is 6.58 Å².